The molecule has 0 fully saturated rings. The van der Waals surface area contributed by atoms with Gasteiger partial charge in [-0.15, -0.1) is 11.6 Å². The van der Waals surface area contributed by atoms with E-state index in [0.29, 0.717) is 30.8 Å². The van der Waals surface area contributed by atoms with Crippen LogP contribution in [0.15, 0.2) is 36.4 Å². The molecule has 11 nitrogen and oxygen atoms in total. The maximum atomic E-state index is 11.7. The number of hydrogen-bond acceptors (Lipinski definition) is 11. The minimum Gasteiger partial charge on any atom is -1.00 e. The summed E-state index contributed by atoms with van der Waals surface area (Å²) in [4.78, 5) is 57.2. The van der Waals surface area contributed by atoms with E-state index in [4.69, 9.17) is 35.9 Å². The number of aromatic hydroxyl groups is 1. The van der Waals surface area contributed by atoms with Crippen molar-refractivity contribution in [1.82, 2.24) is 0 Å². The van der Waals surface area contributed by atoms with Crippen molar-refractivity contribution < 1.29 is 158 Å². The van der Waals surface area contributed by atoms with E-state index < -0.39 is 5.92 Å². The molecule has 0 saturated heterocycles. The number of esters is 2. The van der Waals surface area contributed by atoms with Gasteiger partial charge in [-0.2, -0.15) is 0 Å². The first kappa shape index (κ1) is 47.7. The van der Waals surface area contributed by atoms with Crippen molar-refractivity contribution >= 4 is 41.6 Å². The number of rotatable bonds is 10. The molecular formula is C30H39ClK2O11. The molecule has 1 N–H and O–H groups in total. The predicted octanol–water partition coefficient (Wildman–Crippen LogP) is -2.54. The number of alkyl halides is 1. The third-order valence-electron chi connectivity index (χ3n) is 5.82. The van der Waals surface area contributed by atoms with Gasteiger partial charge in [-0.25, -0.2) is 0 Å². The van der Waals surface area contributed by atoms with Gasteiger partial charge in [0.15, 0.2) is 11.6 Å². The summed E-state index contributed by atoms with van der Waals surface area (Å²) in [5.74, 6) is -0.813. The largest absolute Gasteiger partial charge is 1.00 e. The Bertz CT molecular complexity index is 1210. The van der Waals surface area contributed by atoms with Gasteiger partial charge in [-0.3, -0.25) is 24.0 Å². The molecule has 2 aromatic rings. The second-order valence-electron chi connectivity index (χ2n) is 8.75. The van der Waals surface area contributed by atoms with Crippen LogP contribution in [0.2, 0.25) is 0 Å². The summed E-state index contributed by atoms with van der Waals surface area (Å²) >= 11 is 5.44. The zero-order valence-corrected chi connectivity index (χ0v) is 32.3. The van der Waals surface area contributed by atoms with E-state index in [0.717, 1.165) is 16.9 Å². The molecule has 0 radical (unpaired) electrons. The van der Waals surface area contributed by atoms with Crippen LogP contribution in [0.1, 0.15) is 70.6 Å². The summed E-state index contributed by atoms with van der Waals surface area (Å²) in [6.07, 6.45) is 0.428. The zero-order valence-electron chi connectivity index (χ0n) is 26.3. The van der Waals surface area contributed by atoms with Crippen LogP contribution in [-0.2, 0) is 51.2 Å². The molecule has 0 saturated carbocycles. The Hall–Kier alpha value is -0.687. The van der Waals surface area contributed by atoms with Crippen LogP contribution < -0.4 is 113 Å². The molecular weight excluding hydrogens is 650 g/mol. The van der Waals surface area contributed by atoms with E-state index in [-0.39, 0.29) is 172 Å². The summed E-state index contributed by atoms with van der Waals surface area (Å²) in [7, 11) is 0. The van der Waals surface area contributed by atoms with Crippen molar-refractivity contribution in [2.45, 2.75) is 59.8 Å². The van der Waals surface area contributed by atoms with Crippen molar-refractivity contribution in [1.29, 1.82) is 0 Å². The number of phenolic OH excluding ortho intramolecular Hbond substituents is 1. The number of Topliss-reactive ketones (excluding diaryl/α,β-unsaturated/α-hetero) is 2. The number of carbonyl (C=O) groups excluding carboxylic acids is 5. The number of phenols is 1. The Balaban J connectivity index is -0.000000309. The molecule has 2 unspecified atom stereocenters. The number of fused-ring (bicyclic) bond motifs is 1. The first-order valence-corrected chi connectivity index (χ1v) is 13.3. The van der Waals surface area contributed by atoms with E-state index in [1.807, 2.05) is 18.2 Å². The molecule has 234 valence electrons. The van der Waals surface area contributed by atoms with Gasteiger partial charge in [-0.1, -0.05) is 31.7 Å². The standard InChI is InChI=1S/C14H17ClO4.C14H16O4.CH2O3.CH4.2K.H/c1-3-19-14(18)9(2)10-4-5-13(17)11(6-10)7-12(16)8-15;1-3-17-14(16)9(2)10-4-5-13-11(6-10)7-12(15)8-18-13;2-1-4-3;;;;/h4-6,9,17H,3,7-8H2,1-2H3;4-6,9H,3,7-8H2,1-2H3;1,3H;1H4;;;/q;;;;2*+1;-1/p-1. The normalized spacial score (nSPS) is 12.0. The molecule has 14 heteroatoms. The van der Waals surface area contributed by atoms with E-state index in [2.05, 4.69) is 4.89 Å². The Morgan fingerprint density at radius 1 is 1.02 bits per heavy atom. The molecule has 0 spiro atoms. The Morgan fingerprint density at radius 2 is 1.52 bits per heavy atom. The predicted molar refractivity (Wildman–Crippen MR) is 153 cm³/mol. The van der Waals surface area contributed by atoms with Gasteiger partial charge in [0.25, 0.3) is 6.47 Å². The average Bonchev–Trinajstić information content (AvgIpc) is 2.97. The molecule has 1 heterocycles. The van der Waals surface area contributed by atoms with Gasteiger partial charge in [-0.05, 0) is 51.0 Å². The Morgan fingerprint density at radius 3 is 2.00 bits per heavy atom. The van der Waals surface area contributed by atoms with Crippen LogP contribution in [0.5, 0.6) is 11.5 Å². The second kappa shape index (κ2) is 26.4. The molecule has 0 aliphatic carbocycles. The quantitative estimate of drug-likeness (QED) is 0.0698. The zero-order chi connectivity index (χ0) is 30.9. The van der Waals surface area contributed by atoms with Crippen molar-refractivity contribution in [3.05, 3.63) is 58.7 Å². The minimum absolute atomic E-state index is 0. The molecule has 2 atom stereocenters. The van der Waals surface area contributed by atoms with Gasteiger partial charge in [0, 0.05) is 24.0 Å². The van der Waals surface area contributed by atoms with Crippen molar-refractivity contribution in [3.8, 4) is 11.5 Å². The van der Waals surface area contributed by atoms with E-state index in [1.54, 1.807) is 39.8 Å². The molecule has 3 rings (SSSR count). The van der Waals surface area contributed by atoms with Crippen LogP contribution in [0.25, 0.3) is 0 Å². The first-order chi connectivity index (χ1) is 19.5. The summed E-state index contributed by atoms with van der Waals surface area (Å²) < 4.78 is 15.2. The number of benzene rings is 2. The Labute approximate surface area is 349 Å². The fourth-order valence-corrected chi connectivity index (χ4v) is 3.75. The van der Waals surface area contributed by atoms with Gasteiger partial charge in [0.1, 0.15) is 18.1 Å². The van der Waals surface area contributed by atoms with E-state index in [9.17, 15) is 24.3 Å². The maximum absolute atomic E-state index is 11.7. The topological polar surface area (TPSA) is 166 Å². The number of ketones is 2. The molecule has 1 aliphatic rings. The van der Waals surface area contributed by atoms with Gasteiger partial charge >= 0.3 is 115 Å². The van der Waals surface area contributed by atoms with Gasteiger partial charge < -0.3 is 30.9 Å². The third kappa shape index (κ3) is 16.7. The number of ether oxygens (including phenoxy) is 3. The second-order valence-corrected chi connectivity index (χ2v) is 9.02. The smallest absolute Gasteiger partial charge is 1.00 e. The summed E-state index contributed by atoms with van der Waals surface area (Å²) in [5, 5.41) is 18.1. The minimum atomic E-state index is -0.439. The first-order valence-electron chi connectivity index (χ1n) is 12.7. The summed E-state index contributed by atoms with van der Waals surface area (Å²) in [6, 6.07) is 10.3. The Kier molecular flexibility index (Phi) is 28.6. The van der Waals surface area contributed by atoms with Crippen molar-refractivity contribution in [2.75, 3.05) is 25.7 Å². The third-order valence-corrected chi connectivity index (χ3v) is 6.12. The van der Waals surface area contributed by atoms with Gasteiger partial charge in [0.2, 0.25) is 0 Å². The van der Waals surface area contributed by atoms with E-state index in [1.165, 1.54) is 6.07 Å². The molecule has 1 aliphatic heterocycles. The van der Waals surface area contributed by atoms with Crippen LogP contribution in [0.4, 0.5) is 0 Å². The van der Waals surface area contributed by atoms with Crippen LogP contribution >= 0.6 is 11.6 Å². The number of halogens is 1. The fraction of sp³-hybridized carbons (Fsp3) is 0.433. The van der Waals surface area contributed by atoms with E-state index >= 15 is 0 Å². The molecule has 0 amide bonds. The molecule has 0 aromatic heterocycles. The fourth-order valence-electron chi connectivity index (χ4n) is 3.65. The summed E-state index contributed by atoms with van der Waals surface area (Å²) in [5.41, 5.74) is 2.87. The molecule has 2 aromatic carbocycles. The van der Waals surface area contributed by atoms with Crippen molar-refractivity contribution in [2.24, 2.45) is 0 Å². The van der Waals surface area contributed by atoms with Crippen LogP contribution in [0, 0.1) is 0 Å². The van der Waals surface area contributed by atoms with Crippen molar-refractivity contribution in [3.63, 3.8) is 0 Å². The van der Waals surface area contributed by atoms with Crippen LogP contribution in [-0.4, -0.2) is 60.8 Å². The monoisotopic (exact) mass is 688 g/mol. The maximum Gasteiger partial charge on any atom is 1.00 e. The SMILES string of the molecule is C.CCOC(=O)C(C)c1ccc(O)c(CC(=O)CCl)c1.CCOC(=O)C(C)c1ccc2c(c1)CC(=O)CO2.O=CO[O-].[H-].[K+].[K+]. The number of carbonyl (C=O) groups is 5. The number of hydrogen-bond donors (Lipinski definition) is 1. The van der Waals surface area contributed by atoms with Crippen LogP contribution in [0.3, 0.4) is 0 Å². The average molecular weight is 689 g/mol. The summed E-state index contributed by atoms with van der Waals surface area (Å²) in [6.45, 7) is 7.69. The van der Waals surface area contributed by atoms with Gasteiger partial charge in [0.05, 0.1) is 30.9 Å². The molecule has 44 heavy (non-hydrogen) atoms. The molecule has 0 bridgehead atoms.